The number of hydrogen-bond acceptors (Lipinski definition) is 26. The Hall–Kier alpha value is -3.78. The van der Waals surface area contributed by atoms with Crippen LogP contribution in [-0.4, -0.2) is 200 Å². The Morgan fingerprint density at radius 3 is 0.644 bits per heavy atom. The van der Waals surface area contributed by atoms with Crippen molar-refractivity contribution in [3.8, 4) is 0 Å². The number of phosphoric acid groups is 4. The van der Waals surface area contributed by atoms with Crippen LogP contribution < -0.4 is 133 Å². The molecule has 0 bridgehead atoms. The van der Waals surface area contributed by atoms with E-state index in [0.717, 1.165) is 103 Å². The maximum absolute atomic E-state index is 13.6. The van der Waals surface area contributed by atoms with Crippen LogP contribution >= 0.6 is 31.3 Å². The Bertz CT molecular complexity index is 3080. The molecule has 0 aliphatic rings. The summed E-state index contributed by atoms with van der Waals surface area (Å²) in [7, 11) is -18.0. The summed E-state index contributed by atoms with van der Waals surface area (Å²) in [5.41, 5.74) is 0. The van der Waals surface area contributed by atoms with Crippen molar-refractivity contribution in [3.63, 3.8) is 0 Å². The number of rotatable bonds is 86. The normalized spacial score (nSPS) is 14.8. The van der Waals surface area contributed by atoms with Gasteiger partial charge in [0.2, 0.25) is 47.3 Å². The predicted octanol–water partition coefficient (Wildman–Crippen LogP) is 7.99. The van der Waals surface area contributed by atoms with Crippen molar-refractivity contribution < 1.29 is 180 Å². The first-order valence-electron chi connectivity index (χ1n) is 47.6. The first-order chi connectivity index (χ1) is 61.9. The second kappa shape index (κ2) is 87.5. The van der Waals surface area contributed by atoms with Crippen molar-refractivity contribution in [1.29, 1.82) is 0 Å². The van der Waals surface area contributed by atoms with Gasteiger partial charge in [-0.2, -0.15) is 0 Å². The van der Waals surface area contributed by atoms with E-state index in [9.17, 15) is 76.0 Å². The number of nitrogens with one attached hydrogen (secondary N) is 12. The molecule has 0 saturated heterocycles. The van der Waals surface area contributed by atoms with E-state index in [0.29, 0.717) is 51.4 Å². The first-order valence-corrected chi connectivity index (χ1v) is 53.4. The summed E-state index contributed by atoms with van der Waals surface area (Å²) < 4.78 is 105. The smallest absolute Gasteiger partial charge is 0.756 e. The van der Waals surface area contributed by atoms with Crippen LogP contribution in [0.1, 0.15) is 340 Å². The molecule has 0 fully saturated rings. The third-order valence-corrected chi connectivity index (χ3v) is 25.1. The number of carbonyl (C=O) groups is 10. The molecule has 0 heterocycles. The SMILES string of the molecule is C=CCOP(=O)(OCCNC(=O)NCCOP(=O)(OCC=C)OCC(CCC(CCCCCCCCC)NC(C)=O)NC(C)=O)OCC(CCC(CCCCCCCCC)NC(C)=O)NC(C)=O.CCCCCCCCCC(CCC(COP(=O)([O-])OCCNC(=O)NCCOP(=O)([O-])OCC(CCC(CCCCCCCCC)NC(C)=O)NC(C)=O)NC(C)=O)NC(C)=O.[Na+].[Na+]. The van der Waals surface area contributed by atoms with Gasteiger partial charge in [0.1, 0.15) is 0 Å². The second-order valence-corrected chi connectivity index (χ2v) is 39.1. The van der Waals surface area contributed by atoms with Crippen molar-refractivity contribution in [2.45, 2.75) is 388 Å². The van der Waals surface area contributed by atoms with Crippen LogP contribution in [-0.2, 0) is 102 Å². The van der Waals surface area contributed by atoms with Gasteiger partial charge in [-0.3, -0.25) is 74.6 Å². The molecule has 0 aromatic heterocycles. The monoisotopic (exact) mass is 1980 g/mol. The molecular formula is C88H170N12Na2O26P4. The zero-order valence-electron chi connectivity index (χ0n) is 82.8. The van der Waals surface area contributed by atoms with Gasteiger partial charge in [0.05, 0.1) is 90.2 Å². The van der Waals surface area contributed by atoms with Crippen LogP contribution in [0.4, 0.5) is 9.59 Å². The molecule has 0 saturated carbocycles. The minimum absolute atomic E-state index is 0. The number of unbranched alkanes of at least 4 members (excludes halogenated alkanes) is 24. The molecule has 0 radical (unpaired) electrons. The molecular weight excluding hydrogens is 1810 g/mol. The van der Waals surface area contributed by atoms with Gasteiger partial charge in [-0.05, 0) is 77.0 Å². The molecule has 132 heavy (non-hydrogen) atoms. The van der Waals surface area contributed by atoms with Gasteiger partial charge in [-0.25, -0.2) is 18.7 Å². The number of urea groups is 2. The summed E-state index contributed by atoms with van der Waals surface area (Å²) in [5, 5.41) is 32.7. The third-order valence-electron chi connectivity index (χ3n) is 20.3. The summed E-state index contributed by atoms with van der Waals surface area (Å²) in [5.74, 6) is -1.99. The fourth-order valence-electron chi connectivity index (χ4n) is 14.0. The molecule has 12 N–H and O–H groups in total. The van der Waals surface area contributed by atoms with Gasteiger partial charge in [0.25, 0.3) is 15.6 Å². The van der Waals surface area contributed by atoms with Gasteiger partial charge in [0, 0.05) is 106 Å². The van der Waals surface area contributed by atoms with Gasteiger partial charge in [-0.1, -0.05) is 220 Å². The molecule has 0 rings (SSSR count). The van der Waals surface area contributed by atoms with Gasteiger partial charge < -0.3 is 91.7 Å². The molecule has 0 aliphatic heterocycles. The second-order valence-electron chi connectivity index (χ2n) is 33.0. The van der Waals surface area contributed by atoms with E-state index in [4.69, 9.17) is 45.2 Å². The van der Waals surface area contributed by atoms with Crippen molar-refractivity contribution in [2.75, 3.05) is 92.2 Å². The fraction of sp³-hybridized carbons (Fsp3) is 0.841. The van der Waals surface area contributed by atoms with Crippen molar-refractivity contribution in [1.82, 2.24) is 63.8 Å². The van der Waals surface area contributed by atoms with E-state index in [2.05, 4.69) is 105 Å². The summed E-state index contributed by atoms with van der Waals surface area (Å²) in [6.07, 6.45) is 41.4. The van der Waals surface area contributed by atoms with Crippen molar-refractivity contribution >= 4 is 90.6 Å². The quantitative estimate of drug-likeness (QED) is 0.0119. The first kappa shape index (κ1) is 134. The minimum atomic E-state index is -4.83. The summed E-state index contributed by atoms with van der Waals surface area (Å²) >= 11 is 0. The number of hydrogen-bond donors (Lipinski definition) is 12. The average molecular weight is 1980 g/mol. The average Bonchev–Trinajstić information content (AvgIpc) is 0.883. The van der Waals surface area contributed by atoms with E-state index in [1.807, 2.05) is 0 Å². The van der Waals surface area contributed by atoms with Crippen LogP contribution in [0.5, 0.6) is 0 Å². The van der Waals surface area contributed by atoms with Gasteiger partial charge in [-0.15, -0.1) is 13.2 Å². The summed E-state index contributed by atoms with van der Waals surface area (Å²) in [6.45, 7) is 23.3. The maximum atomic E-state index is 13.6. The fourth-order valence-corrected chi connectivity index (χ4v) is 17.8. The topological polar surface area (TPSA) is 522 Å². The molecule has 0 aromatic rings. The predicted molar refractivity (Wildman–Crippen MR) is 501 cm³/mol. The van der Waals surface area contributed by atoms with Gasteiger partial charge >= 0.3 is 86.8 Å². The molecule has 760 valence electrons. The van der Waals surface area contributed by atoms with E-state index >= 15 is 0 Å². The van der Waals surface area contributed by atoms with Crippen LogP contribution in [0.3, 0.4) is 0 Å². The standard InChI is InChI=1S/C47H90N6O13P2.C41H82N6O13P2.2Na/c1-9-13-15-17-19-21-23-25-43(50-39(5)54)27-29-45(52-41(7)56)37-65-67(59,61-33-11-3)63-35-31-48-47(58)49-32-36-64-68(60,62-34-12-4)66-38-46(53-42(8)57)30-28-44(51-40(6)55)26-24-22-20-18-16-14-10-2;1-7-9-11-13-15-17-19-21-37(44-33(3)48)23-25-39(46-35(5)50)31-59-61(53,54)57-29-27-42-41(52)43-28-30-58-62(55,56)60-32-40(47-36(6)51)26-24-38(45-34(4)49)22-20-18-16-14-12-10-8-2;;/h11-12,43-46H,3-4,9-10,13-38H2,1-2,5-8H3,(H,50,54)(H,51,55)(H,52,56)(H,53,57)(H2,48,49,58);37-40H,7-32H2,1-6H3,(H,44,48)(H,45,49)(H,46,50)(H,47,51)(H,53,54)(H,55,56)(H2,42,43,52);;/q;;2*+1/p-2. The summed E-state index contributed by atoms with van der Waals surface area (Å²) in [6, 6.07) is -4.33. The molecule has 12 amide bonds. The van der Waals surface area contributed by atoms with Crippen LogP contribution in [0, 0.1) is 0 Å². The van der Waals surface area contributed by atoms with E-state index < -0.39 is 93.9 Å². The third kappa shape index (κ3) is 87.7. The maximum Gasteiger partial charge on any atom is 1.00 e. The van der Waals surface area contributed by atoms with E-state index in [1.165, 1.54) is 170 Å². The molecule has 44 heteroatoms. The molecule has 0 spiro atoms. The summed E-state index contributed by atoms with van der Waals surface area (Å²) in [4.78, 5) is 145. The van der Waals surface area contributed by atoms with Gasteiger partial charge in [0.15, 0.2) is 0 Å². The number of amides is 12. The van der Waals surface area contributed by atoms with Crippen molar-refractivity contribution in [2.24, 2.45) is 0 Å². The molecule has 12 unspecified atom stereocenters. The molecule has 0 aromatic carbocycles. The molecule has 38 nitrogen and oxygen atoms in total. The zero-order chi connectivity index (χ0) is 97.5. The Morgan fingerprint density at radius 1 is 0.258 bits per heavy atom. The Kier molecular flexibility index (Phi) is 89.1. The zero-order valence-corrected chi connectivity index (χ0v) is 90.4. The molecule has 12 atom stereocenters. The Balaban J connectivity index is -0.00000123. The minimum Gasteiger partial charge on any atom is -0.756 e. The van der Waals surface area contributed by atoms with Crippen molar-refractivity contribution in [3.05, 3.63) is 25.3 Å². The van der Waals surface area contributed by atoms with E-state index in [1.54, 1.807) is 0 Å². The van der Waals surface area contributed by atoms with Crippen LogP contribution in [0.15, 0.2) is 25.3 Å². The number of carbonyl (C=O) groups excluding carboxylic acids is 10. The number of phosphoric ester groups is 4. The van der Waals surface area contributed by atoms with Crippen LogP contribution in [0.2, 0.25) is 0 Å². The Morgan fingerprint density at radius 2 is 0.439 bits per heavy atom. The molecule has 0 aliphatic carbocycles. The Labute approximate surface area is 834 Å². The largest absolute Gasteiger partial charge is 1.00 e. The van der Waals surface area contributed by atoms with Crippen LogP contribution in [0.25, 0.3) is 0 Å². The van der Waals surface area contributed by atoms with E-state index in [-0.39, 0.29) is 196 Å².